The van der Waals surface area contributed by atoms with Gasteiger partial charge >= 0.3 is 0 Å². The number of aliphatic imine (C=N–C) groups is 1. The molecule has 3 heterocycles. The summed E-state index contributed by atoms with van der Waals surface area (Å²) in [5.41, 5.74) is 16.8. The van der Waals surface area contributed by atoms with Gasteiger partial charge in [0.05, 0.1) is 12.3 Å². The summed E-state index contributed by atoms with van der Waals surface area (Å²) in [6.45, 7) is 30.9. The number of nitrogens with one attached hydrogen (secondary N) is 5. The van der Waals surface area contributed by atoms with Crippen molar-refractivity contribution in [3.8, 4) is 12.8 Å². The lowest BCUT2D eigenvalue weighted by Crippen LogP contribution is -2.48. The topological polar surface area (TPSA) is 220 Å². The van der Waals surface area contributed by atoms with Gasteiger partial charge < -0.3 is 52.1 Å². The standard InChI is InChI=1S/C19H33N5O.C12H13FN2O2.C10H22N2.C9H10O.C2H6.C2H2.CH5N.CH2O/c1-6-15-8-7-10-23-18(25-11-9-20)17(24-19(3,4)5)14(2)12-22-13-16(15)21;1-7-2-3-8(6-9(7)13)14-10-4-5-11(16)15-12(10)17;1-4-10(5-2)12-8-6-11(3)7-9-12;1-8-2-4-9(5-3-8)6-7-10;4*1-2/h6,10,12,21-22,24H,7-9,11,13,20H2,1-5H3;2-3,6,10,14H,4-5H2,1H3,(H,15,16,17);10H,4-9H2,1-3H3;2-5,7H,6H2,1H3;1-2H3;1-2H;2H2,1H3;1H2/b14-12+,15-6-,18-17-,21-16?,23-10-;;;;;;;. The van der Waals surface area contributed by atoms with E-state index >= 15 is 0 Å². The summed E-state index contributed by atoms with van der Waals surface area (Å²) in [6.07, 6.45) is 20.1. The van der Waals surface area contributed by atoms with Gasteiger partial charge in [-0.25, -0.2) is 9.38 Å². The molecule has 1 unspecified atom stereocenters. The predicted octanol–water partition coefficient (Wildman–Crippen LogP) is 8.02. The summed E-state index contributed by atoms with van der Waals surface area (Å²) in [6, 6.07) is 13.0. The van der Waals surface area contributed by atoms with Gasteiger partial charge in [-0.15, -0.1) is 12.8 Å². The Labute approximate surface area is 433 Å². The first-order valence-electron chi connectivity index (χ1n) is 24.9. The molecule has 0 radical (unpaired) electrons. The zero-order valence-corrected chi connectivity index (χ0v) is 46.2. The summed E-state index contributed by atoms with van der Waals surface area (Å²) in [5.74, 6) is -0.388. The number of hydrogen-bond acceptors (Lipinski definition) is 14. The van der Waals surface area contributed by atoms with E-state index in [4.69, 9.17) is 20.7 Å². The number of nitrogens with zero attached hydrogens (tertiary/aromatic N) is 3. The number of likely N-dealkylation sites (N-methyl/N-ethyl adjacent to an activating group) is 1. The number of hydrogen-bond donors (Lipinski definition) is 7. The van der Waals surface area contributed by atoms with Crippen molar-refractivity contribution >= 4 is 42.5 Å². The second-order valence-corrected chi connectivity index (χ2v) is 17.3. The molecule has 2 amide bonds. The molecule has 9 N–H and O–H groups in total. The third-order valence-corrected chi connectivity index (χ3v) is 10.7. The van der Waals surface area contributed by atoms with Crippen LogP contribution in [0.15, 0.2) is 82.5 Å². The average molecular weight is 1010 g/mol. The monoisotopic (exact) mass is 1000 g/mol. The number of aryl methyl sites for hydroxylation is 2. The molecule has 3 aliphatic rings. The molecular weight excluding hydrogens is 912 g/mol. The fraction of sp³-hybridized carbons (Fsp3) is 0.536. The lowest BCUT2D eigenvalue weighted by molar-refractivity contribution is -0.133. The number of piperazine rings is 1. The van der Waals surface area contributed by atoms with Crippen molar-refractivity contribution < 1.29 is 28.3 Å². The van der Waals surface area contributed by atoms with E-state index in [0.29, 0.717) is 61.8 Å². The number of nitrogens with two attached hydrogens (primary N) is 2. The molecule has 0 bridgehead atoms. The van der Waals surface area contributed by atoms with Gasteiger partial charge in [-0.05, 0) is 129 Å². The maximum atomic E-state index is 13.3. The zero-order chi connectivity index (χ0) is 55.7. The van der Waals surface area contributed by atoms with E-state index < -0.39 is 6.04 Å². The number of terminal acetylenes is 1. The van der Waals surface area contributed by atoms with Crippen molar-refractivity contribution in [1.82, 2.24) is 25.8 Å². The van der Waals surface area contributed by atoms with Gasteiger partial charge in [0, 0.05) is 75.2 Å². The second-order valence-electron chi connectivity index (χ2n) is 17.3. The normalized spacial score (nSPS) is 18.7. The fourth-order valence-electron chi connectivity index (χ4n) is 6.88. The molecule has 0 saturated carbocycles. The van der Waals surface area contributed by atoms with Crippen molar-refractivity contribution in [2.24, 2.45) is 16.5 Å². The van der Waals surface area contributed by atoms with Gasteiger partial charge in [0.25, 0.3) is 0 Å². The lowest BCUT2D eigenvalue weighted by Gasteiger charge is -2.37. The van der Waals surface area contributed by atoms with Crippen molar-refractivity contribution in [3.63, 3.8) is 0 Å². The van der Waals surface area contributed by atoms with Gasteiger partial charge in [-0.1, -0.05) is 69.7 Å². The largest absolute Gasteiger partial charge is 0.475 e. The van der Waals surface area contributed by atoms with Crippen LogP contribution in [0.4, 0.5) is 10.1 Å². The zero-order valence-electron chi connectivity index (χ0n) is 46.2. The molecule has 2 aromatic carbocycles. The molecular formula is C56H93FN10O5. The van der Waals surface area contributed by atoms with Crippen LogP contribution in [-0.2, 0) is 30.3 Å². The maximum absolute atomic E-state index is 13.3. The van der Waals surface area contributed by atoms with E-state index in [2.05, 4.69) is 96.3 Å². The van der Waals surface area contributed by atoms with E-state index in [0.717, 1.165) is 47.6 Å². The van der Waals surface area contributed by atoms with Gasteiger partial charge in [-0.2, -0.15) is 0 Å². The molecule has 0 spiro atoms. The number of ether oxygens (including phenoxy) is 1. The van der Waals surface area contributed by atoms with Crippen LogP contribution < -0.4 is 32.7 Å². The van der Waals surface area contributed by atoms with E-state index in [1.165, 1.54) is 57.7 Å². The minimum atomic E-state index is -0.477. The quantitative estimate of drug-likeness (QED) is 0.0647. The number of rotatable bonds is 11. The molecule has 2 aromatic rings. The molecule has 15 nitrogen and oxygen atoms in total. The Kier molecular flexibility index (Phi) is 41.6. The summed E-state index contributed by atoms with van der Waals surface area (Å²) < 4.78 is 19.1. The SMILES string of the molecule is C#C.C/C=C1/CC\C=N/C(OCCN)=C(NC(C)(C)C)\C(C)=C\NCC1=N.C=O.CC.CCC(CC)N1CCN(C)CC1.CN.Cc1ccc(CC=O)cc1.Cc1ccc(NC2CCC(=O)NC2=O)cc1F. The highest BCUT2D eigenvalue weighted by Gasteiger charge is 2.26. The molecule has 16 heteroatoms. The summed E-state index contributed by atoms with van der Waals surface area (Å²) >= 11 is 0. The Morgan fingerprint density at radius 1 is 1.00 bits per heavy atom. The van der Waals surface area contributed by atoms with E-state index in [1.807, 2.05) is 84.2 Å². The lowest BCUT2D eigenvalue weighted by atomic mass is 10.0. The van der Waals surface area contributed by atoms with Gasteiger partial charge in [-0.3, -0.25) is 19.8 Å². The minimum absolute atomic E-state index is 0.140. The molecule has 3 aliphatic heterocycles. The van der Waals surface area contributed by atoms with Crippen LogP contribution in [0.5, 0.6) is 0 Å². The highest BCUT2D eigenvalue weighted by atomic mass is 19.1. The Morgan fingerprint density at radius 3 is 2.10 bits per heavy atom. The van der Waals surface area contributed by atoms with Crippen LogP contribution in [0.25, 0.3) is 0 Å². The number of anilines is 1. The van der Waals surface area contributed by atoms with Gasteiger partial charge in [0.1, 0.15) is 37.2 Å². The third-order valence-electron chi connectivity index (χ3n) is 10.7. The van der Waals surface area contributed by atoms with Crippen LogP contribution in [-0.4, -0.2) is 124 Å². The number of halogens is 1. The predicted molar refractivity (Wildman–Crippen MR) is 300 cm³/mol. The highest BCUT2D eigenvalue weighted by molar-refractivity contribution is 6.01. The Balaban J connectivity index is -0.000000882. The van der Waals surface area contributed by atoms with Crippen molar-refractivity contribution in [1.29, 1.82) is 5.41 Å². The maximum Gasteiger partial charge on any atom is 0.249 e. The first-order chi connectivity index (χ1) is 34.4. The van der Waals surface area contributed by atoms with Crippen LogP contribution in [0, 0.1) is 37.9 Å². The first-order valence-corrected chi connectivity index (χ1v) is 24.9. The van der Waals surface area contributed by atoms with Crippen LogP contribution >= 0.6 is 0 Å². The molecule has 2 saturated heterocycles. The summed E-state index contributed by atoms with van der Waals surface area (Å²) in [5, 5.41) is 20.1. The van der Waals surface area contributed by atoms with Crippen molar-refractivity contribution in [2.75, 3.05) is 65.3 Å². The summed E-state index contributed by atoms with van der Waals surface area (Å²) in [7, 11) is 3.71. The number of carbonyl (C=O) groups excluding carboxylic acids is 4. The van der Waals surface area contributed by atoms with Gasteiger partial charge in [0.15, 0.2) is 0 Å². The smallest absolute Gasteiger partial charge is 0.249 e. The Morgan fingerprint density at radius 2 is 1.60 bits per heavy atom. The average Bonchev–Trinajstić information content (AvgIpc) is 3.38. The minimum Gasteiger partial charge on any atom is -0.475 e. The van der Waals surface area contributed by atoms with Crippen LogP contribution in [0.3, 0.4) is 0 Å². The molecule has 2 fully saturated rings. The van der Waals surface area contributed by atoms with Crippen molar-refractivity contribution in [3.05, 3.63) is 100.0 Å². The Hall–Kier alpha value is -5.99. The van der Waals surface area contributed by atoms with Gasteiger partial charge in [0.2, 0.25) is 17.7 Å². The molecule has 0 aliphatic carbocycles. The van der Waals surface area contributed by atoms with E-state index in [1.54, 1.807) is 19.1 Å². The molecule has 0 aromatic heterocycles. The fourth-order valence-corrected chi connectivity index (χ4v) is 6.88. The number of piperidine rings is 1. The summed E-state index contributed by atoms with van der Waals surface area (Å²) in [4.78, 5) is 50.1. The van der Waals surface area contributed by atoms with Crippen molar-refractivity contribution in [2.45, 2.75) is 139 Å². The number of carbonyl (C=O) groups is 4. The van der Waals surface area contributed by atoms with E-state index in [-0.39, 0.29) is 23.2 Å². The number of benzene rings is 2. The molecule has 5 rings (SSSR count). The van der Waals surface area contributed by atoms with Crippen LogP contribution in [0.2, 0.25) is 0 Å². The molecule has 72 heavy (non-hydrogen) atoms. The first kappa shape index (κ1) is 70.3. The Bertz CT molecular complexity index is 1960. The number of allylic oxidation sites excluding steroid dienone is 2. The number of amides is 2. The number of aldehydes is 1. The highest BCUT2D eigenvalue weighted by Crippen LogP contribution is 2.20. The number of imide groups is 1. The molecule has 1 atom stereocenters. The molecule has 404 valence electrons. The van der Waals surface area contributed by atoms with Crippen LogP contribution in [0.1, 0.15) is 118 Å². The second kappa shape index (κ2) is 42.7. The third kappa shape index (κ3) is 30.7. The van der Waals surface area contributed by atoms with E-state index in [9.17, 15) is 18.8 Å².